The van der Waals surface area contributed by atoms with E-state index in [1.54, 1.807) is 0 Å². The number of hydrogen-bond donors (Lipinski definition) is 0. The standard InChI is InChI=1S/C24H33N6/c1-19-25(4)7-10-28(19)16-22-13-23(17-29-11-8-26(5)20(29)2)15-24(14-22)18-30-12-9-27(6)21(30)3/h7-15H,16-18H2,1-6H3/q+3. The summed E-state index contributed by atoms with van der Waals surface area (Å²) in [6.07, 6.45) is 12.8. The fraction of sp³-hybridized carbons (Fsp3) is 0.375. The summed E-state index contributed by atoms with van der Waals surface area (Å²) >= 11 is 0. The van der Waals surface area contributed by atoms with Crippen molar-refractivity contribution in [2.75, 3.05) is 0 Å². The quantitative estimate of drug-likeness (QED) is 0.436. The van der Waals surface area contributed by atoms with Crippen LogP contribution in [0.4, 0.5) is 0 Å². The van der Waals surface area contributed by atoms with Gasteiger partial charge in [-0.25, -0.2) is 27.4 Å². The third-order valence-corrected chi connectivity index (χ3v) is 6.36. The van der Waals surface area contributed by atoms with Crippen molar-refractivity contribution in [3.63, 3.8) is 0 Å². The Hall–Kier alpha value is -3.15. The molecule has 0 bridgehead atoms. The number of aromatic nitrogens is 6. The molecule has 0 amide bonds. The average molecular weight is 406 g/mol. The molecule has 0 radical (unpaired) electrons. The normalized spacial score (nSPS) is 11.4. The molecule has 6 heteroatoms. The number of imidazole rings is 3. The van der Waals surface area contributed by atoms with Crippen LogP contribution in [-0.2, 0) is 40.8 Å². The van der Waals surface area contributed by atoms with Crippen molar-refractivity contribution in [1.29, 1.82) is 0 Å². The summed E-state index contributed by atoms with van der Waals surface area (Å²) in [5, 5.41) is 0. The lowest BCUT2D eigenvalue weighted by Crippen LogP contribution is -2.38. The van der Waals surface area contributed by atoms with E-state index in [0.29, 0.717) is 0 Å². The Bertz CT molecular complexity index is 1030. The molecule has 3 heterocycles. The van der Waals surface area contributed by atoms with Gasteiger partial charge in [0.05, 0.1) is 21.1 Å². The van der Waals surface area contributed by atoms with E-state index in [4.69, 9.17) is 0 Å². The molecule has 0 spiro atoms. The predicted molar refractivity (Wildman–Crippen MR) is 115 cm³/mol. The van der Waals surface area contributed by atoms with Crippen LogP contribution in [0.5, 0.6) is 0 Å². The van der Waals surface area contributed by atoms with Crippen molar-refractivity contribution in [2.24, 2.45) is 21.1 Å². The SMILES string of the molecule is Cc1n(C)cc[n+]1Cc1cc(C[n+]2ccn(C)c2C)cc(C[n+]2ccn(C)c2C)c1. The van der Waals surface area contributed by atoms with E-state index in [-0.39, 0.29) is 0 Å². The number of hydrogen-bond acceptors (Lipinski definition) is 0. The largest absolute Gasteiger partial charge is 0.253 e. The smallest absolute Gasteiger partial charge is 0.237 e. The molecule has 30 heavy (non-hydrogen) atoms. The van der Waals surface area contributed by atoms with Gasteiger partial charge >= 0.3 is 0 Å². The van der Waals surface area contributed by atoms with Gasteiger partial charge in [0.1, 0.15) is 56.8 Å². The van der Waals surface area contributed by atoms with Crippen LogP contribution in [0.2, 0.25) is 0 Å². The molecule has 3 aromatic heterocycles. The second-order valence-electron chi connectivity index (χ2n) is 8.41. The van der Waals surface area contributed by atoms with Crippen LogP contribution in [0.25, 0.3) is 0 Å². The maximum atomic E-state index is 2.35. The van der Waals surface area contributed by atoms with Crippen molar-refractivity contribution in [3.8, 4) is 0 Å². The van der Waals surface area contributed by atoms with Gasteiger partial charge < -0.3 is 0 Å². The van der Waals surface area contributed by atoms with E-state index in [1.807, 2.05) is 0 Å². The highest BCUT2D eigenvalue weighted by molar-refractivity contribution is 5.29. The van der Waals surface area contributed by atoms with Crippen molar-refractivity contribution in [1.82, 2.24) is 13.7 Å². The summed E-state index contributed by atoms with van der Waals surface area (Å²) in [6, 6.07) is 7.06. The third-order valence-electron chi connectivity index (χ3n) is 6.36. The molecule has 0 saturated carbocycles. The first-order valence-electron chi connectivity index (χ1n) is 10.5. The van der Waals surface area contributed by atoms with Crippen molar-refractivity contribution in [3.05, 3.63) is 89.5 Å². The van der Waals surface area contributed by atoms with Gasteiger partial charge in [-0.05, 0) is 34.9 Å². The molecule has 6 nitrogen and oxygen atoms in total. The molecule has 0 fully saturated rings. The van der Waals surface area contributed by atoms with Crippen LogP contribution in [0, 0.1) is 20.8 Å². The molecule has 0 atom stereocenters. The lowest BCUT2D eigenvalue weighted by Gasteiger charge is -2.09. The lowest BCUT2D eigenvalue weighted by atomic mass is 10.0. The summed E-state index contributed by atoms with van der Waals surface area (Å²) < 4.78 is 13.4. The van der Waals surface area contributed by atoms with E-state index in [2.05, 4.69) is 125 Å². The van der Waals surface area contributed by atoms with Gasteiger partial charge in [-0.1, -0.05) is 0 Å². The average Bonchev–Trinajstić information content (AvgIpc) is 3.32. The van der Waals surface area contributed by atoms with Gasteiger partial charge in [-0.3, -0.25) is 0 Å². The molecule has 0 unspecified atom stereocenters. The highest BCUT2D eigenvalue weighted by atomic mass is 15.1. The first-order chi connectivity index (χ1) is 14.3. The maximum Gasteiger partial charge on any atom is 0.253 e. The van der Waals surface area contributed by atoms with E-state index < -0.39 is 0 Å². The van der Waals surface area contributed by atoms with Crippen molar-refractivity contribution in [2.45, 2.75) is 40.4 Å². The van der Waals surface area contributed by atoms with Crippen molar-refractivity contribution < 1.29 is 13.7 Å². The Morgan fingerprint density at radius 3 is 1.00 bits per heavy atom. The van der Waals surface area contributed by atoms with Crippen LogP contribution in [-0.4, -0.2) is 13.7 Å². The number of aryl methyl sites for hydroxylation is 3. The fourth-order valence-electron chi connectivity index (χ4n) is 4.00. The highest BCUT2D eigenvalue weighted by Gasteiger charge is 2.16. The van der Waals surface area contributed by atoms with Crippen molar-refractivity contribution >= 4 is 0 Å². The molecule has 0 aliphatic rings. The molecule has 156 valence electrons. The summed E-state index contributed by atoms with van der Waals surface area (Å²) in [5.74, 6) is 3.76. The Morgan fingerprint density at radius 1 is 0.533 bits per heavy atom. The minimum atomic E-state index is 0.879. The van der Waals surface area contributed by atoms with E-state index >= 15 is 0 Å². The Balaban J connectivity index is 1.70. The molecule has 0 aliphatic carbocycles. The summed E-state index contributed by atoms with van der Waals surface area (Å²) in [6.45, 7) is 9.13. The number of benzene rings is 1. The monoisotopic (exact) mass is 405 g/mol. The topological polar surface area (TPSA) is 26.4 Å². The van der Waals surface area contributed by atoms with Gasteiger partial charge in [0, 0.05) is 20.8 Å². The first-order valence-corrected chi connectivity index (χ1v) is 10.5. The van der Waals surface area contributed by atoms with Crippen LogP contribution in [0.15, 0.2) is 55.4 Å². The Morgan fingerprint density at radius 2 is 0.800 bits per heavy atom. The zero-order valence-electron chi connectivity index (χ0n) is 19.0. The summed E-state index contributed by atoms with van der Waals surface area (Å²) in [4.78, 5) is 0. The van der Waals surface area contributed by atoms with E-state index in [0.717, 1.165) is 19.6 Å². The fourth-order valence-corrected chi connectivity index (χ4v) is 4.00. The van der Waals surface area contributed by atoms with Gasteiger partial charge in [0.2, 0.25) is 0 Å². The van der Waals surface area contributed by atoms with E-state index in [9.17, 15) is 0 Å². The van der Waals surface area contributed by atoms with Crippen LogP contribution in [0.1, 0.15) is 34.2 Å². The van der Waals surface area contributed by atoms with Crippen LogP contribution in [0.3, 0.4) is 0 Å². The molecule has 0 saturated heterocycles. The molecule has 0 N–H and O–H groups in total. The molecule has 4 rings (SSSR count). The summed E-state index contributed by atoms with van der Waals surface area (Å²) in [5.41, 5.74) is 4.01. The predicted octanol–water partition coefficient (Wildman–Crippen LogP) is 1.63. The number of rotatable bonds is 6. The zero-order chi connectivity index (χ0) is 21.4. The highest BCUT2D eigenvalue weighted by Crippen LogP contribution is 2.12. The Kier molecular flexibility index (Phi) is 5.33. The van der Waals surface area contributed by atoms with Crippen LogP contribution >= 0.6 is 0 Å². The second-order valence-corrected chi connectivity index (χ2v) is 8.41. The second kappa shape index (κ2) is 7.94. The van der Waals surface area contributed by atoms with Gasteiger partial charge in [-0.2, -0.15) is 0 Å². The third kappa shape index (κ3) is 3.95. The van der Waals surface area contributed by atoms with Gasteiger partial charge in [-0.15, -0.1) is 0 Å². The first kappa shape index (κ1) is 20.1. The van der Waals surface area contributed by atoms with Gasteiger partial charge in [0.25, 0.3) is 17.5 Å². The molecule has 4 aromatic rings. The summed E-state index contributed by atoms with van der Waals surface area (Å²) in [7, 11) is 6.28. The molecular weight excluding hydrogens is 372 g/mol. The molecule has 1 aromatic carbocycles. The van der Waals surface area contributed by atoms with E-state index in [1.165, 1.54) is 34.2 Å². The molecule has 0 aliphatic heterocycles. The maximum absolute atomic E-state index is 2.35. The minimum absolute atomic E-state index is 0.879. The van der Waals surface area contributed by atoms with Gasteiger partial charge in [0.15, 0.2) is 0 Å². The van der Waals surface area contributed by atoms with Crippen LogP contribution < -0.4 is 13.7 Å². The zero-order valence-corrected chi connectivity index (χ0v) is 19.0. The lowest BCUT2D eigenvalue weighted by molar-refractivity contribution is -0.695. The Labute approximate surface area is 178 Å². The number of nitrogens with zero attached hydrogens (tertiary/aromatic N) is 6. The minimum Gasteiger partial charge on any atom is -0.237 e. The molecular formula is C24H33N6+3.